The van der Waals surface area contributed by atoms with Crippen LogP contribution in [0.25, 0.3) is 32.9 Å². The van der Waals surface area contributed by atoms with E-state index in [0.29, 0.717) is 35.4 Å². The zero-order chi connectivity index (χ0) is 32.9. The second-order valence-electron chi connectivity index (χ2n) is 12.6. The Hall–Kier alpha value is -3.85. The van der Waals surface area contributed by atoms with Gasteiger partial charge in [-0.15, -0.1) is 0 Å². The Labute approximate surface area is 259 Å². The van der Waals surface area contributed by atoms with Crippen LogP contribution in [0.4, 0.5) is 42.2 Å². The van der Waals surface area contributed by atoms with E-state index in [9.17, 15) is 26.3 Å². The summed E-state index contributed by atoms with van der Waals surface area (Å²) in [5.74, 6) is -2.81. The summed E-state index contributed by atoms with van der Waals surface area (Å²) < 4.78 is 110. The van der Waals surface area contributed by atoms with E-state index in [0.717, 1.165) is 18.9 Å². The molecule has 7 rings (SSSR count). The van der Waals surface area contributed by atoms with Crippen molar-refractivity contribution >= 4 is 33.3 Å². The van der Waals surface area contributed by atoms with Gasteiger partial charge in [-0.05, 0) is 51.1 Å². The first kappa shape index (κ1) is 30.8. The van der Waals surface area contributed by atoms with Gasteiger partial charge in [0.15, 0.2) is 5.82 Å². The lowest BCUT2D eigenvalue weighted by atomic mass is 9.89. The van der Waals surface area contributed by atoms with Crippen LogP contribution in [0, 0.1) is 18.7 Å². The van der Waals surface area contributed by atoms with Crippen LogP contribution < -0.4 is 20.7 Å². The van der Waals surface area contributed by atoms with Crippen molar-refractivity contribution in [3.05, 3.63) is 41.3 Å². The van der Waals surface area contributed by atoms with Gasteiger partial charge in [0.2, 0.25) is 0 Å². The average Bonchev–Trinajstić information content (AvgIpc) is 3.43. The van der Waals surface area contributed by atoms with Crippen LogP contribution in [0.3, 0.4) is 0 Å². The minimum Gasteiger partial charge on any atom is -0.462 e. The van der Waals surface area contributed by atoms with Crippen LogP contribution in [-0.4, -0.2) is 77.0 Å². The number of halogens is 7. The van der Waals surface area contributed by atoms with Crippen molar-refractivity contribution in [3.8, 4) is 17.1 Å². The van der Waals surface area contributed by atoms with Crippen LogP contribution in [0.2, 0.25) is 0 Å². The average molecular weight is 652 g/mol. The summed E-state index contributed by atoms with van der Waals surface area (Å²) in [6, 6.07) is 4.33. The lowest BCUT2D eigenvalue weighted by Crippen LogP contribution is -2.61. The molecule has 4 atom stereocenters. The summed E-state index contributed by atoms with van der Waals surface area (Å²) in [7, 11) is 3.20. The zero-order valence-electron chi connectivity index (χ0n) is 25.2. The molecule has 5 heterocycles. The molecular formula is C31H32F7N7O. The van der Waals surface area contributed by atoms with E-state index in [1.807, 2.05) is 0 Å². The van der Waals surface area contributed by atoms with Crippen molar-refractivity contribution in [3.63, 3.8) is 0 Å². The molecule has 3 aliphatic heterocycles. The number of alkyl halides is 6. The van der Waals surface area contributed by atoms with Gasteiger partial charge >= 0.3 is 18.4 Å². The van der Waals surface area contributed by atoms with E-state index in [-0.39, 0.29) is 35.4 Å². The Morgan fingerprint density at radius 3 is 2.28 bits per heavy atom. The van der Waals surface area contributed by atoms with Gasteiger partial charge in [-0.1, -0.05) is 0 Å². The van der Waals surface area contributed by atoms with Crippen LogP contribution in [-0.2, 0) is 13.2 Å². The molecule has 2 bridgehead atoms. The smallest absolute Gasteiger partial charge is 0.417 e. The molecule has 0 saturated carbocycles. The highest BCUT2D eigenvalue weighted by atomic mass is 19.4. The SMILES string of the molecule is Cc1c(-c2c(C(F)(F)F)cc3c(N4CC5CCC(C4)N5)nc(OC[C@@H]4[C@H](C(F)(F)F)CN4C)nc3c2F)c2cc(N)ccc2n1C. The molecule has 4 aromatic rings. The highest BCUT2D eigenvalue weighted by molar-refractivity contribution is 6.04. The van der Waals surface area contributed by atoms with Crippen molar-refractivity contribution in [1.82, 2.24) is 24.8 Å². The van der Waals surface area contributed by atoms with E-state index in [4.69, 9.17) is 10.5 Å². The number of nitrogens with one attached hydrogen (secondary N) is 1. The van der Waals surface area contributed by atoms with Crippen molar-refractivity contribution in [2.45, 2.75) is 50.2 Å². The van der Waals surface area contributed by atoms with Crippen LogP contribution in [0.15, 0.2) is 24.3 Å². The largest absolute Gasteiger partial charge is 0.462 e. The predicted molar refractivity (Wildman–Crippen MR) is 159 cm³/mol. The number of nitrogens with two attached hydrogens (primary N) is 1. The third-order valence-electron chi connectivity index (χ3n) is 9.80. The first-order chi connectivity index (χ1) is 21.6. The number of fused-ring (bicyclic) bond motifs is 4. The van der Waals surface area contributed by atoms with Crippen molar-refractivity contribution < 1.29 is 35.5 Å². The molecule has 246 valence electrons. The fourth-order valence-corrected chi connectivity index (χ4v) is 7.30. The number of aromatic nitrogens is 3. The van der Waals surface area contributed by atoms with E-state index in [2.05, 4.69) is 15.3 Å². The highest BCUT2D eigenvalue weighted by Crippen LogP contribution is 2.47. The third-order valence-corrected chi connectivity index (χ3v) is 9.80. The maximum absolute atomic E-state index is 16.9. The summed E-state index contributed by atoms with van der Waals surface area (Å²) in [4.78, 5) is 11.9. The summed E-state index contributed by atoms with van der Waals surface area (Å²) in [5, 5.41) is 3.62. The molecule has 3 N–H and O–H groups in total. The molecule has 3 aliphatic rings. The highest BCUT2D eigenvalue weighted by Gasteiger charge is 2.53. The van der Waals surface area contributed by atoms with Gasteiger partial charge in [-0.25, -0.2) is 4.39 Å². The molecule has 2 aromatic carbocycles. The molecule has 0 spiro atoms. The Morgan fingerprint density at radius 2 is 1.65 bits per heavy atom. The second kappa shape index (κ2) is 10.6. The summed E-state index contributed by atoms with van der Waals surface area (Å²) in [5.41, 5.74) is 4.94. The van der Waals surface area contributed by atoms with Gasteiger partial charge in [0.05, 0.1) is 17.5 Å². The Bertz CT molecular complexity index is 1840. The van der Waals surface area contributed by atoms with Crippen molar-refractivity contribution in [2.75, 3.05) is 43.9 Å². The Kier molecular flexibility index (Phi) is 7.09. The standard InChI is InChI=1S/C31H32F7N7O/c1-14-24(18-8-15(39)4-7-22(18)44(14)3)25-20(30(33,34)35)9-19-27(26(25)32)41-29(46-13-23-21(12-43(23)2)31(36,37)38)42-28(19)45-10-16-5-6-17(11-45)40-16/h4,7-9,16-17,21,23,40H,5-6,10-13,39H2,1-3H3/t16?,17?,21-,23-/m1/s1. The number of nitrogen functional groups attached to an aromatic ring is 1. The van der Waals surface area contributed by atoms with Gasteiger partial charge < -0.3 is 25.3 Å². The maximum Gasteiger partial charge on any atom is 0.417 e. The second-order valence-corrected chi connectivity index (χ2v) is 12.6. The van der Waals surface area contributed by atoms with Gasteiger partial charge in [-0.2, -0.15) is 36.3 Å². The molecule has 3 fully saturated rings. The first-order valence-electron chi connectivity index (χ1n) is 15.0. The van der Waals surface area contributed by atoms with Gasteiger partial charge in [-0.3, -0.25) is 4.90 Å². The molecule has 15 heteroatoms. The Morgan fingerprint density at radius 1 is 0.957 bits per heavy atom. The van der Waals surface area contributed by atoms with E-state index < -0.39 is 59.4 Å². The zero-order valence-corrected chi connectivity index (χ0v) is 25.2. The Balaban J connectivity index is 1.43. The number of rotatable bonds is 5. The number of likely N-dealkylation sites (N-methyl/N-ethyl adjacent to an activating group) is 1. The van der Waals surface area contributed by atoms with Gasteiger partial charge in [0, 0.05) is 77.6 Å². The number of benzene rings is 2. The molecule has 2 aromatic heterocycles. The monoisotopic (exact) mass is 651 g/mol. The number of piperazine rings is 1. The minimum atomic E-state index is -4.96. The van der Waals surface area contributed by atoms with Crippen molar-refractivity contribution in [2.24, 2.45) is 13.0 Å². The van der Waals surface area contributed by atoms with Gasteiger partial charge in [0.1, 0.15) is 17.9 Å². The fraction of sp³-hybridized carbons (Fsp3) is 0.484. The van der Waals surface area contributed by atoms with E-state index in [1.165, 1.54) is 18.0 Å². The van der Waals surface area contributed by atoms with Crippen LogP contribution in [0.1, 0.15) is 24.1 Å². The summed E-state index contributed by atoms with van der Waals surface area (Å²) in [6.45, 7) is 1.76. The third kappa shape index (κ3) is 4.98. The lowest BCUT2D eigenvalue weighted by Gasteiger charge is -2.46. The maximum atomic E-state index is 16.9. The number of nitrogens with zero attached hydrogens (tertiary/aromatic N) is 5. The molecular weight excluding hydrogens is 619 g/mol. The summed E-state index contributed by atoms with van der Waals surface area (Å²) in [6.07, 6.45) is -7.69. The molecule has 3 saturated heterocycles. The number of likely N-dealkylation sites (tertiary alicyclic amines) is 1. The molecule has 2 unspecified atom stereocenters. The molecule has 0 amide bonds. The van der Waals surface area contributed by atoms with Crippen LogP contribution in [0.5, 0.6) is 6.01 Å². The fourth-order valence-electron chi connectivity index (χ4n) is 7.30. The molecule has 0 radical (unpaired) electrons. The molecule has 46 heavy (non-hydrogen) atoms. The number of aryl methyl sites for hydroxylation is 1. The quantitative estimate of drug-likeness (QED) is 0.213. The normalized spacial score (nSPS) is 23.8. The number of anilines is 2. The first-order valence-corrected chi connectivity index (χ1v) is 15.0. The summed E-state index contributed by atoms with van der Waals surface area (Å²) >= 11 is 0. The van der Waals surface area contributed by atoms with E-state index >= 15 is 4.39 Å². The van der Waals surface area contributed by atoms with Crippen LogP contribution >= 0.6 is 0 Å². The molecule has 0 aliphatic carbocycles. The number of hydrogen-bond acceptors (Lipinski definition) is 7. The molecule has 8 nitrogen and oxygen atoms in total. The number of hydrogen-bond donors (Lipinski definition) is 2. The minimum absolute atomic E-state index is 0.0171. The lowest BCUT2D eigenvalue weighted by molar-refractivity contribution is -0.230. The van der Waals surface area contributed by atoms with E-state index in [1.54, 1.807) is 35.6 Å². The van der Waals surface area contributed by atoms with Gasteiger partial charge in [0.25, 0.3) is 0 Å². The van der Waals surface area contributed by atoms with Crippen molar-refractivity contribution in [1.29, 1.82) is 0 Å². The topological polar surface area (TPSA) is 84.5 Å². The number of ether oxygens (including phenoxy) is 1. The predicted octanol–water partition coefficient (Wildman–Crippen LogP) is 5.65.